The maximum Gasteiger partial charge on any atom is 0.407 e. The van der Waals surface area contributed by atoms with Gasteiger partial charge in [-0.2, -0.15) is 0 Å². The third-order valence-corrected chi connectivity index (χ3v) is 5.36. The highest BCUT2D eigenvalue weighted by Crippen LogP contribution is 2.32. The van der Waals surface area contributed by atoms with Gasteiger partial charge >= 0.3 is 12.2 Å². The molecule has 0 aliphatic heterocycles. The van der Waals surface area contributed by atoms with Crippen LogP contribution < -0.4 is 10.6 Å². The predicted molar refractivity (Wildman–Crippen MR) is 111 cm³/mol. The monoisotopic (exact) mass is 414 g/mol. The number of carbonyl (C=O) groups excluding carboxylic acids is 4. The third-order valence-electron chi connectivity index (χ3n) is 5.36. The molecule has 2 N–H and O–H groups in total. The predicted octanol–water partition coefficient (Wildman–Crippen LogP) is 3.33. The van der Waals surface area contributed by atoms with E-state index < -0.39 is 29.7 Å². The first-order valence-corrected chi connectivity index (χ1v) is 10.1. The Morgan fingerprint density at radius 1 is 0.828 bits per heavy atom. The summed E-state index contributed by atoms with van der Waals surface area (Å²) >= 11 is 0. The molecule has 0 radical (unpaired) electrons. The molecule has 168 valence electrons. The van der Waals surface area contributed by atoms with Crippen LogP contribution in [0.25, 0.3) is 0 Å². The Hall–Kier alpha value is -2.12. The molecule has 2 amide bonds. The van der Waals surface area contributed by atoms with Gasteiger partial charge < -0.3 is 20.1 Å². The van der Waals surface area contributed by atoms with Gasteiger partial charge in [0.1, 0.15) is 0 Å². The van der Waals surface area contributed by atoms with Crippen LogP contribution in [0.3, 0.4) is 0 Å². The van der Waals surface area contributed by atoms with Crippen LogP contribution in [-0.4, -0.2) is 50.1 Å². The normalized spacial score (nSPS) is 15.7. The summed E-state index contributed by atoms with van der Waals surface area (Å²) in [7, 11) is 2.49. The number of methoxy groups -OCH3 is 2. The van der Waals surface area contributed by atoms with Gasteiger partial charge in [-0.15, -0.1) is 0 Å². The molecule has 0 heterocycles. The fraction of sp³-hybridized carbons (Fsp3) is 0.810. The van der Waals surface area contributed by atoms with Gasteiger partial charge in [-0.3, -0.25) is 9.59 Å². The lowest BCUT2D eigenvalue weighted by Crippen LogP contribution is -2.52. The third kappa shape index (κ3) is 8.03. The van der Waals surface area contributed by atoms with Crippen molar-refractivity contribution in [3.8, 4) is 0 Å². The average molecular weight is 415 g/mol. The fourth-order valence-electron chi connectivity index (χ4n) is 3.37. The first-order valence-electron chi connectivity index (χ1n) is 10.1. The summed E-state index contributed by atoms with van der Waals surface area (Å²) in [5, 5.41) is 5.24. The van der Waals surface area contributed by atoms with Crippen LogP contribution in [0.1, 0.15) is 61.3 Å². The van der Waals surface area contributed by atoms with E-state index in [0.717, 1.165) is 0 Å². The van der Waals surface area contributed by atoms with Gasteiger partial charge in [-0.25, -0.2) is 9.59 Å². The number of carbonyl (C=O) groups is 4. The molecule has 0 aliphatic carbocycles. The lowest BCUT2D eigenvalue weighted by Gasteiger charge is -2.35. The largest absolute Gasteiger partial charge is 0.453 e. The number of nitrogens with one attached hydrogen (secondary N) is 2. The minimum absolute atomic E-state index is 0.0857. The number of ketones is 2. The SMILES string of the molecule is CC[C@H](C)[C@H](NC(=O)OC)C(=O)C(C)(C)CC(C)[C@H](NC(=O)OC)C(=O)C(C)C. The van der Waals surface area contributed by atoms with Crippen molar-refractivity contribution in [3.05, 3.63) is 0 Å². The molecule has 0 fully saturated rings. The highest BCUT2D eigenvalue weighted by atomic mass is 16.5. The maximum absolute atomic E-state index is 13.3. The molecule has 4 atom stereocenters. The molecule has 0 bridgehead atoms. The highest BCUT2D eigenvalue weighted by molar-refractivity contribution is 5.92. The number of ether oxygens (including phenoxy) is 2. The summed E-state index contributed by atoms with van der Waals surface area (Å²) in [4.78, 5) is 49.4. The van der Waals surface area contributed by atoms with E-state index in [2.05, 4.69) is 20.1 Å². The molecular weight excluding hydrogens is 376 g/mol. The first-order chi connectivity index (χ1) is 13.3. The number of hydrogen-bond donors (Lipinski definition) is 2. The highest BCUT2D eigenvalue weighted by Gasteiger charge is 2.40. The van der Waals surface area contributed by atoms with Crippen molar-refractivity contribution >= 4 is 23.8 Å². The molecule has 8 nitrogen and oxygen atoms in total. The fourth-order valence-corrected chi connectivity index (χ4v) is 3.37. The topological polar surface area (TPSA) is 111 Å². The number of alkyl carbamates (subject to hydrolysis) is 2. The van der Waals surface area contributed by atoms with E-state index in [1.807, 2.05) is 20.8 Å². The summed E-state index contributed by atoms with van der Waals surface area (Å²) < 4.78 is 9.31. The molecule has 0 saturated heterocycles. The zero-order valence-electron chi connectivity index (χ0n) is 19.3. The van der Waals surface area contributed by atoms with Crippen molar-refractivity contribution in [3.63, 3.8) is 0 Å². The van der Waals surface area contributed by atoms with E-state index in [-0.39, 0.29) is 29.3 Å². The Morgan fingerprint density at radius 3 is 1.66 bits per heavy atom. The number of amides is 2. The van der Waals surface area contributed by atoms with Crippen LogP contribution in [0, 0.1) is 23.2 Å². The van der Waals surface area contributed by atoms with Gasteiger partial charge in [0.15, 0.2) is 11.6 Å². The Balaban J connectivity index is 5.61. The van der Waals surface area contributed by atoms with Crippen molar-refractivity contribution < 1.29 is 28.7 Å². The second kappa shape index (κ2) is 11.8. The van der Waals surface area contributed by atoms with Crippen LogP contribution in [0.4, 0.5) is 9.59 Å². The summed E-state index contributed by atoms with van der Waals surface area (Å²) in [6, 6.07) is -1.48. The van der Waals surface area contributed by atoms with Gasteiger partial charge in [0, 0.05) is 11.3 Å². The maximum atomic E-state index is 13.3. The Bertz CT molecular complexity index is 588. The molecule has 0 spiro atoms. The van der Waals surface area contributed by atoms with Crippen LogP contribution in [-0.2, 0) is 19.1 Å². The molecule has 0 aromatic heterocycles. The number of Topliss-reactive ketones (excluding diaryl/α,β-unsaturated/α-hetero) is 2. The second-order valence-electron chi connectivity index (χ2n) is 8.60. The standard InChI is InChI=1S/C21H38N2O6/c1-10-13(4)16(23-20(27)29-9)18(25)21(6,7)11-14(5)15(17(24)12(2)3)22-19(26)28-8/h12-16H,10-11H2,1-9H3,(H,22,26)(H,23,27)/t13-,14?,15-,16-/m0/s1. The zero-order valence-corrected chi connectivity index (χ0v) is 19.3. The van der Waals surface area contributed by atoms with E-state index in [0.29, 0.717) is 12.8 Å². The summed E-state index contributed by atoms with van der Waals surface area (Å²) in [6.45, 7) is 12.7. The molecule has 29 heavy (non-hydrogen) atoms. The zero-order chi connectivity index (χ0) is 22.9. The van der Waals surface area contributed by atoms with Crippen molar-refractivity contribution in [1.29, 1.82) is 0 Å². The molecule has 0 rings (SSSR count). The lowest BCUT2D eigenvalue weighted by atomic mass is 9.72. The van der Waals surface area contributed by atoms with Gasteiger partial charge in [-0.1, -0.05) is 54.9 Å². The average Bonchev–Trinajstić information content (AvgIpc) is 2.67. The summed E-state index contributed by atoms with van der Waals surface area (Å²) in [5.41, 5.74) is -0.845. The molecular formula is C21H38N2O6. The van der Waals surface area contributed by atoms with Crippen LogP contribution in [0.2, 0.25) is 0 Å². The van der Waals surface area contributed by atoms with Gasteiger partial charge in [0.05, 0.1) is 26.3 Å². The molecule has 8 heteroatoms. The Morgan fingerprint density at radius 2 is 1.28 bits per heavy atom. The van der Waals surface area contributed by atoms with Crippen molar-refractivity contribution in [2.24, 2.45) is 23.2 Å². The smallest absolute Gasteiger partial charge is 0.407 e. The first kappa shape index (κ1) is 26.9. The van der Waals surface area contributed by atoms with E-state index in [4.69, 9.17) is 0 Å². The number of rotatable bonds is 11. The molecule has 0 aromatic carbocycles. The quantitative estimate of drug-likeness (QED) is 0.536. The molecule has 0 aliphatic rings. The van der Waals surface area contributed by atoms with E-state index >= 15 is 0 Å². The minimum Gasteiger partial charge on any atom is -0.453 e. The van der Waals surface area contributed by atoms with Gasteiger partial charge in [0.2, 0.25) is 0 Å². The minimum atomic E-state index is -0.845. The lowest BCUT2D eigenvalue weighted by molar-refractivity contribution is -0.132. The van der Waals surface area contributed by atoms with E-state index in [1.54, 1.807) is 27.7 Å². The van der Waals surface area contributed by atoms with Crippen LogP contribution >= 0.6 is 0 Å². The van der Waals surface area contributed by atoms with Gasteiger partial charge in [0.25, 0.3) is 0 Å². The summed E-state index contributed by atoms with van der Waals surface area (Å²) in [6.07, 6.45) is -0.309. The molecule has 1 unspecified atom stereocenters. The van der Waals surface area contributed by atoms with Gasteiger partial charge in [-0.05, 0) is 18.3 Å². The Labute approximate surface area is 174 Å². The second-order valence-corrected chi connectivity index (χ2v) is 8.60. The van der Waals surface area contributed by atoms with Crippen molar-refractivity contribution in [2.45, 2.75) is 73.4 Å². The van der Waals surface area contributed by atoms with Crippen molar-refractivity contribution in [2.75, 3.05) is 14.2 Å². The van der Waals surface area contributed by atoms with E-state index in [1.165, 1.54) is 14.2 Å². The molecule has 0 aromatic rings. The van der Waals surface area contributed by atoms with Crippen LogP contribution in [0.5, 0.6) is 0 Å². The Kier molecular flexibility index (Phi) is 10.9. The summed E-state index contributed by atoms with van der Waals surface area (Å²) in [5.74, 6) is -0.960. The van der Waals surface area contributed by atoms with Crippen molar-refractivity contribution in [1.82, 2.24) is 10.6 Å². The van der Waals surface area contributed by atoms with Crippen LogP contribution in [0.15, 0.2) is 0 Å². The number of hydrogen-bond acceptors (Lipinski definition) is 6. The van der Waals surface area contributed by atoms with E-state index in [9.17, 15) is 19.2 Å². The molecule has 0 saturated carbocycles.